The van der Waals surface area contributed by atoms with Crippen molar-refractivity contribution in [3.05, 3.63) is 156 Å². The summed E-state index contributed by atoms with van der Waals surface area (Å²) in [7, 11) is 0. The fourth-order valence-corrected chi connectivity index (χ4v) is 10.4. The largest absolute Gasteiger partial charge is 0.451 e. The lowest BCUT2D eigenvalue weighted by molar-refractivity contribution is 0.478. The molecule has 1 aromatic heterocycles. The van der Waals surface area contributed by atoms with Crippen LogP contribution in [0.15, 0.2) is 133 Å². The van der Waals surface area contributed by atoms with Gasteiger partial charge < -0.3 is 19.0 Å². The predicted molar refractivity (Wildman–Crippen MR) is 269 cm³/mol. The summed E-state index contributed by atoms with van der Waals surface area (Å²) in [5, 5.41) is 2.40. The first-order valence-corrected chi connectivity index (χ1v) is 22.8. The topological polar surface area (TPSA) is 20.6 Å². The van der Waals surface area contributed by atoms with E-state index >= 15 is 0 Å². The first kappa shape index (κ1) is 39.6. The minimum atomic E-state index is -0.125. The number of ether oxygens (including phenoxy) is 1. The summed E-state index contributed by atoms with van der Waals surface area (Å²) in [5.74, 6) is 1.80. The molecule has 5 heteroatoms. The molecule has 0 aliphatic carbocycles. The van der Waals surface area contributed by atoms with Gasteiger partial charge in [0.1, 0.15) is 5.75 Å². The maximum atomic E-state index is 7.53. The smallest absolute Gasteiger partial charge is 0.333 e. The third-order valence-electron chi connectivity index (χ3n) is 14.0. The highest BCUT2D eigenvalue weighted by Crippen LogP contribution is 2.59. The molecule has 4 heterocycles. The van der Waals surface area contributed by atoms with Crippen LogP contribution >= 0.6 is 0 Å². The maximum Gasteiger partial charge on any atom is 0.333 e. The van der Waals surface area contributed by atoms with Gasteiger partial charge in [-0.15, -0.1) is 0 Å². The SMILES string of the molecule is CC(C)(C)c1ccc(N2c3cc(C(C)(C)C)ccc3B3c4c(cc(C(C)(C)C)cc42)-c2cc4c5ccccc5n(-c5ccccc5)c4c4c2N3c2ccc(C(C)(C)C)cc2O4)cc1. The molecule has 0 bridgehead atoms. The Morgan fingerprint density at radius 1 is 0.460 bits per heavy atom. The Labute approximate surface area is 374 Å². The number of hydrogen-bond acceptors (Lipinski definition) is 3. The Hall–Kier alpha value is -6.20. The lowest BCUT2D eigenvalue weighted by Gasteiger charge is -2.48. The van der Waals surface area contributed by atoms with Crippen LogP contribution in [0.25, 0.3) is 38.6 Å². The zero-order chi connectivity index (χ0) is 44.1. The first-order valence-electron chi connectivity index (χ1n) is 22.8. The molecular weight excluding hydrogens is 765 g/mol. The van der Waals surface area contributed by atoms with E-state index in [1.54, 1.807) is 0 Å². The van der Waals surface area contributed by atoms with Crippen LogP contribution in [0, 0.1) is 0 Å². The fraction of sp³-hybridized carbons (Fsp3) is 0.276. The Morgan fingerprint density at radius 3 is 1.75 bits per heavy atom. The molecule has 3 aliphatic heterocycles. The zero-order valence-corrected chi connectivity index (χ0v) is 39.0. The summed E-state index contributed by atoms with van der Waals surface area (Å²) >= 11 is 0. The third kappa shape index (κ3) is 5.95. The van der Waals surface area contributed by atoms with Crippen molar-refractivity contribution in [3.63, 3.8) is 0 Å². The van der Waals surface area contributed by atoms with Crippen molar-refractivity contribution in [3.8, 4) is 28.3 Å². The van der Waals surface area contributed by atoms with E-state index in [0.717, 1.165) is 39.6 Å². The second-order valence-electron chi connectivity index (χ2n) is 22.4. The van der Waals surface area contributed by atoms with E-state index < -0.39 is 0 Å². The normalized spacial score (nSPS) is 14.4. The van der Waals surface area contributed by atoms with E-state index in [9.17, 15) is 0 Å². The number of fused-ring (bicyclic) bond motifs is 10. The molecular formula is C58H58BN3O. The van der Waals surface area contributed by atoms with Crippen LogP contribution in [-0.4, -0.2) is 11.4 Å². The molecule has 0 fully saturated rings. The van der Waals surface area contributed by atoms with Gasteiger partial charge in [-0.3, -0.25) is 0 Å². The van der Waals surface area contributed by atoms with Gasteiger partial charge in [-0.05, 0) is 121 Å². The summed E-state index contributed by atoms with van der Waals surface area (Å²) in [4.78, 5) is 5.23. The van der Waals surface area contributed by atoms with Crippen molar-refractivity contribution in [1.82, 2.24) is 4.57 Å². The Balaban J connectivity index is 1.32. The van der Waals surface area contributed by atoms with Gasteiger partial charge in [0.15, 0.2) is 5.75 Å². The lowest BCUT2D eigenvalue weighted by atomic mass is 9.43. The second kappa shape index (κ2) is 13.2. The molecule has 8 aromatic rings. The minimum absolute atomic E-state index is 0.0428. The van der Waals surface area contributed by atoms with Crippen molar-refractivity contribution in [1.29, 1.82) is 0 Å². The van der Waals surface area contributed by atoms with Gasteiger partial charge in [-0.25, -0.2) is 0 Å². The maximum absolute atomic E-state index is 7.53. The van der Waals surface area contributed by atoms with Crippen molar-refractivity contribution < 1.29 is 4.74 Å². The molecule has 0 N–H and O–H groups in total. The van der Waals surface area contributed by atoms with Gasteiger partial charge in [-0.1, -0.05) is 156 Å². The van der Waals surface area contributed by atoms with Crippen LogP contribution in [-0.2, 0) is 21.7 Å². The van der Waals surface area contributed by atoms with Crippen LogP contribution in [0.3, 0.4) is 0 Å². The van der Waals surface area contributed by atoms with E-state index in [1.807, 2.05) is 0 Å². The average molecular weight is 824 g/mol. The van der Waals surface area contributed by atoms with Gasteiger partial charge in [-0.2, -0.15) is 0 Å². The minimum Gasteiger partial charge on any atom is -0.451 e. The quantitative estimate of drug-likeness (QED) is 0.162. The number of hydrogen-bond donors (Lipinski definition) is 0. The van der Waals surface area contributed by atoms with E-state index in [0.29, 0.717) is 0 Å². The molecule has 0 radical (unpaired) electrons. The first-order chi connectivity index (χ1) is 29.8. The second-order valence-corrected chi connectivity index (χ2v) is 22.4. The third-order valence-corrected chi connectivity index (χ3v) is 14.0. The molecule has 0 atom stereocenters. The standard InChI is InChI=1S/C58H58BN3O/c1-55(2,3)35-22-26-40(27-23-35)60-48-31-36(56(4,5)6)24-28-45(48)59-51-42(30-38(32-49(51)60)58(10,11)12)44-34-43-41-20-16-17-21-46(41)61(39-18-14-13-15-19-39)52(43)54-53(44)62(59)47-29-25-37(57(7,8)9)33-50(47)63-54/h13-34H,1-12H3. The van der Waals surface area contributed by atoms with Gasteiger partial charge in [0.25, 0.3) is 0 Å². The van der Waals surface area contributed by atoms with Crippen LogP contribution in [0.5, 0.6) is 11.5 Å². The van der Waals surface area contributed by atoms with E-state index in [-0.39, 0.29) is 28.5 Å². The number of anilines is 5. The molecule has 3 aliphatic rings. The highest BCUT2D eigenvalue weighted by molar-refractivity contribution is 6.93. The average Bonchev–Trinajstić information content (AvgIpc) is 3.57. The fourth-order valence-electron chi connectivity index (χ4n) is 10.4. The summed E-state index contributed by atoms with van der Waals surface area (Å²) in [6, 6.07) is 50.8. The lowest BCUT2D eigenvalue weighted by Crippen LogP contribution is -2.62. The molecule has 0 saturated heterocycles. The van der Waals surface area contributed by atoms with Crippen LogP contribution in [0.4, 0.5) is 28.4 Å². The molecule has 7 aromatic carbocycles. The van der Waals surface area contributed by atoms with Crippen molar-refractivity contribution in [2.75, 3.05) is 9.71 Å². The van der Waals surface area contributed by atoms with Crippen LogP contribution in [0.2, 0.25) is 0 Å². The van der Waals surface area contributed by atoms with E-state index in [4.69, 9.17) is 4.74 Å². The molecule has 0 spiro atoms. The summed E-state index contributed by atoms with van der Waals surface area (Å²) < 4.78 is 9.95. The molecule has 63 heavy (non-hydrogen) atoms. The highest BCUT2D eigenvalue weighted by Gasteiger charge is 2.49. The molecule has 0 saturated carbocycles. The van der Waals surface area contributed by atoms with E-state index in [1.165, 1.54) is 72.1 Å². The Morgan fingerprint density at radius 2 is 1.06 bits per heavy atom. The summed E-state index contributed by atoms with van der Waals surface area (Å²) in [6.45, 7) is 27.7. The van der Waals surface area contributed by atoms with Crippen LogP contribution < -0.4 is 25.4 Å². The number of benzene rings is 7. The number of aromatic nitrogens is 1. The summed E-state index contributed by atoms with van der Waals surface area (Å²) in [6.07, 6.45) is 0. The number of para-hydroxylation sites is 2. The highest BCUT2D eigenvalue weighted by atomic mass is 16.5. The Kier molecular flexibility index (Phi) is 8.29. The van der Waals surface area contributed by atoms with Crippen LogP contribution in [0.1, 0.15) is 105 Å². The van der Waals surface area contributed by atoms with E-state index in [2.05, 4.69) is 231 Å². The molecule has 314 valence electrons. The number of rotatable bonds is 2. The predicted octanol–water partition coefficient (Wildman–Crippen LogP) is 14.8. The molecule has 11 rings (SSSR count). The van der Waals surface area contributed by atoms with Crippen molar-refractivity contribution in [2.45, 2.75) is 105 Å². The number of nitrogens with zero attached hydrogens (tertiary/aromatic N) is 3. The van der Waals surface area contributed by atoms with Gasteiger partial charge in [0, 0.05) is 39.1 Å². The monoisotopic (exact) mass is 823 g/mol. The molecule has 4 nitrogen and oxygen atoms in total. The zero-order valence-electron chi connectivity index (χ0n) is 39.0. The van der Waals surface area contributed by atoms with Crippen molar-refractivity contribution >= 4 is 68.0 Å². The van der Waals surface area contributed by atoms with Crippen molar-refractivity contribution in [2.24, 2.45) is 0 Å². The van der Waals surface area contributed by atoms with Gasteiger partial charge in [0.05, 0.1) is 22.4 Å². The van der Waals surface area contributed by atoms with Gasteiger partial charge >= 0.3 is 6.85 Å². The Bertz CT molecular complexity index is 3180. The molecule has 0 unspecified atom stereocenters. The summed E-state index contributed by atoms with van der Waals surface area (Å²) in [5.41, 5.74) is 19.3. The molecule has 0 amide bonds. The van der Waals surface area contributed by atoms with Gasteiger partial charge in [0.2, 0.25) is 0 Å².